The smallest absolute Gasteiger partial charge is 0.322 e. The molecule has 0 N–H and O–H groups in total. The Morgan fingerprint density at radius 1 is 1.20 bits per heavy atom. The lowest BCUT2D eigenvalue weighted by Gasteiger charge is -2.26. The molecule has 110 valence electrons. The van der Waals surface area contributed by atoms with E-state index < -0.39 is 0 Å². The largest absolute Gasteiger partial charge is 0.463 e. The molecular weight excluding hydrogens is 280 g/mol. The van der Waals surface area contributed by atoms with E-state index in [2.05, 4.69) is 19.9 Å². The van der Waals surface area contributed by atoms with Crippen LogP contribution in [-0.2, 0) is 4.74 Å². The van der Waals surface area contributed by atoms with E-state index in [0.717, 1.165) is 32.7 Å². The quantitative estimate of drug-likeness (QED) is 0.846. The molecule has 1 unspecified atom stereocenters. The molecule has 0 radical (unpaired) electrons. The number of hydrogen-bond acceptors (Lipinski definition) is 6. The van der Waals surface area contributed by atoms with Crippen molar-refractivity contribution in [2.75, 3.05) is 37.8 Å². The fraction of sp³-hybridized carbons (Fsp3) is 0.769. The standard InChI is InChI=1S/C13H19ClN4O2/c14-11-15-12(18-5-2-1-3-6-18)17-13(16-11)20-9-10-4-7-19-8-10/h10H,1-9H2. The van der Waals surface area contributed by atoms with Gasteiger partial charge in [-0.05, 0) is 37.3 Å². The Kier molecular flexibility index (Phi) is 4.52. The average Bonchev–Trinajstić information content (AvgIpc) is 2.99. The summed E-state index contributed by atoms with van der Waals surface area (Å²) in [5.41, 5.74) is 0. The van der Waals surface area contributed by atoms with Gasteiger partial charge in [0, 0.05) is 25.6 Å². The van der Waals surface area contributed by atoms with E-state index in [4.69, 9.17) is 21.1 Å². The van der Waals surface area contributed by atoms with E-state index in [-0.39, 0.29) is 5.28 Å². The van der Waals surface area contributed by atoms with Gasteiger partial charge in [0.2, 0.25) is 11.2 Å². The first-order chi connectivity index (χ1) is 9.81. The highest BCUT2D eigenvalue weighted by Crippen LogP contribution is 2.20. The minimum Gasteiger partial charge on any atom is -0.463 e. The van der Waals surface area contributed by atoms with Crippen LogP contribution in [0.4, 0.5) is 5.95 Å². The number of halogens is 1. The van der Waals surface area contributed by atoms with Crippen molar-refractivity contribution in [1.82, 2.24) is 15.0 Å². The van der Waals surface area contributed by atoms with Crippen LogP contribution in [0.3, 0.4) is 0 Å². The van der Waals surface area contributed by atoms with Crippen LogP contribution in [0.25, 0.3) is 0 Å². The van der Waals surface area contributed by atoms with Gasteiger partial charge in [0.25, 0.3) is 0 Å². The molecule has 2 aliphatic heterocycles. The lowest BCUT2D eigenvalue weighted by Crippen LogP contribution is -2.31. The molecule has 0 amide bonds. The summed E-state index contributed by atoms with van der Waals surface area (Å²) >= 11 is 5.97. The van der Waals surface area contributed by atoms with Crippen LogP contribution in [0.15, 0.2) is 0 Å². The van der Waals surface area contributed by atoms with E-state index in [1.165, 1.54) is 19.3 Å². The van der Waals surface area contributed by atoms with Crippen molar-refractivity contribution >= 4 is 17.5 Å². The normalized spacial score (nSPS) is 23.1. The van der Waals surface area contributed by atoms with Crippen LogP contribution < -0.4 is 9.64 Å². The summed E-state index contributed by atoms with van der Waals surface area (Å²) in [5, 5.41) is 0.193. The van der Waals surface area contributed by atoms with Gasteiger partial charge >= 0.3 is 6.01 Å². The third kappa shape index (κ3) is 3.49. The Morgan fingerprint density at radius 3 is 2.80 bits per heavy atom. The minimum atomic E-state index is 0.193. The zero-order chi connectivity index (χ0) is 13.8. The molecule has 20 heavy (non-hydrogen) atoms. The first kappa shape index (κ1) is 13.8. The molecule has 1 aromatic rings. The molecule has 0 saturated carbocycles. The summed E-state index contributed by atoms with van der Waals surface area (Å²) in [6, 6.07) is 0.317. The Bertz CT molecular complexity index is 448. The summed E-state index contributed by atoms with van der Waals surface area (Å²) in [6.45, 7) is 4.06. The fourth-order valence-corrected chi connectivity index (χ4v) is 2.68. The first-order valence-corrected chi connectivity index (χ1v) is 7.56. The van der Waals surface area contributed by atoms with E-state index in [9.17, 15) is 0 Å². The van der Waals surface area contributed by atoms with E-state index in [1.807, 2.05) is 0 Å². The van der Waals surface area contributed by atoms with Crippen LogP contribution in [-0.4, -0.2) is 47.9 Å². The van der Waals surface area contributed by atoms with Gasteiger partial charge < -0.3 is 14.4 Å². The highest BCUT2D eigenvalue weighted by Gasteiger charge is 2.19. The highest BCUT2D eigenvalue weighted by molar-refractivity contribution is 6.28. The van der Waals surface area contributed by atoms with Crippen molar-refractivity contribution < 1.29 is 9.47 Å². The second-order valence-electron chi connectivity index (χ2n) is 5.28. The lowest BCUT2D eigenvalue weighted by atomic mass is 10.1. The van der Waals surface area contributed by atoms with E-state index in [1.54, 1.807) is 0 Å². The maximum absolute atomic E-state index is 5.97. The first-order valence-electron chi connectivity index (χ1n) is 7.18. The molecule has 7 heteroatoms. The number of anilines is 1. The zero-order valence-corrected chi connectivity index (χ0v) is 12.2. The molecule has 2 aliphatic rings. The Balaban J connectivity index is 1.65. The molecule has 0 aromatic carbocycles. The predicted molar refractivity (Wildman–Crippen MR) is 75.3 cm³/mol. The zero-order valence-electron chi connectivity index (χ0n) is 11.4. The fourth-order valence-electron chi connectivity index (χ4n) is 2.53. The summed E-state index contributed by atoms with van der Waals surface area (Å²) in [4.78, 5) is 14.8. The summed E-state index contributed by atoms with van der Waals surface area (Å²) in [7, 11) is 0. The third-order valence-electron chi connectivity index (χ3n) is 3.69. The molecular formula is C13H19ClN4O2. The number of nitrogens with zero attached hydrogens (tertiary/aromatic N) is 4. The average molecular weight is 299 g/mol. The Morgan fingerprint density at radius 2 is 2.05 bits per heavy atom. The topological polar surface area (TPSA) is 60.4 Å². The van der Waals surface area contributed by atoms with Gasteiger partial charge in [-0.3, -0.25) is 0 Å². The Hall–Kier alpha value is -1.14. The Labute approximate surface area is 123 Å². The molecule has 2 fully saturated rings. The minimum absolute atomic E-state index is 0.193. The second kappa shape index (κ2) is 6.54. The molecule has 0 bridgehead atoms. The molecule has 1 atom stereocenters. The summed E-state index contributed by atoms with van der Waals surface area (Å²) in [5.74, 6) is 1.05. The van der Waals surface area contributed by atoms with Crippen LogP contribution >= 0.6 is 11.6 Å². The van der Waals surface area contributed by atoms with Gasteiger partial charge in [0.1, 0.15) is 0 Å². The molecule has 3 rings (SSSR count). The van der Waals surface area contributed by atoms with Gasteiger partial charge in [-0.15, -0.1) is 0 Å². The van der Waals surface area contributed by atoms with Crippen molar-refractivity contribution in [2.24, 2.45) is 5.92 Å². The third-order valence-corrected chi connectivity index (χ3v) is 3.86. The number of piperidine rings is 1. The molecule has 0 spiro atoms. The second-order valence-corrected chi connectivity index (χ2v) is 5.61. The molecule has 1 aromatic heterocycles. The number of rotatable bonds is 4. The van der Waals surface area contributed by atoms with Gasteiger partial charge in [-0.25, -0.2) is 0 Å². The monoisotopic (exact) mass is 298 g/mol. The van der Waals surface area contributed by atoms with Crippen LogP contribution in [0.5, 0.6) is 6.01 Å². The maximum atomic E-state index is 5.97. The maximum Gasteiger partial charge on any atom is 0.322 e. The van der Waals surface area contributed by atoms with Gasteiger partial charge in [0.05, 0.1) is 13.2 Å². The van der Waals surface area contributed by atoms with E-state index in [0.29, 0.717) is 24.5 Å². The van der Waals surface area contributed by atoms with Crippen molar-refractivity contribution in [2.45, 2.75) is 25.7 Å². The van der Waals surface area contributed by atoms with Gasteiger partial charge in [-0.1, -0.05) is 0 Å². The number of aromatic nitrogens is 3. The van der Waals surface area contributed by atoms with Crippen molar-refractivity contribution in [1.29, 1.82) is 0 Å². The highest BCUT2D eigenvalue weighted by atomic mass is 35.5. The lowest BCUT2D eigenvalue weighted by molar-refractivity contribution is 0.163. The summed E-state index contributed by atoms with van der Waals surface area (Å²) < 4.78 is 11.0. The molecule has 2 saturated heterocycles. The van der Waals surface area contributed by atoms with Crippen molar-refractivity contribution in [3.63, 3.8) is 0 Å². The van der Waals surface area contributed by atoms with E-state index >= 15 is 0 Å². The summed E-state index contributed by atoms with van der Waals surface area (Å²) in [6.07, 6.45) is 4.62. The van der Waals surface area contributed by atoms with Gasteiger partial charge in [0.15, 0.2) is 0 Å². The van der Waals surface area contributed by atoms with Crippen molar-refractivity contribution in [3.05, 3.63) is 5.28 Å². The van der Waals surface area contributed by atoms with Crippen LogP contribution in [0.2, 0.25) is 5.28 Å². The van der Waals surface area contributed by atoms with Crippen molar-refractivity contribution in [3.8, 4) is 6.01 Å². The predicted octanol–water partition coefficient (Wildman–Crippen LogP) is 1.93. The molecule has 6 nitrogen and oxygen atoms in total. The van der Waals surface area contributed by atoms with Crippen LogP contribution in [0.1, 0.15) is 25.7 Å². The molecule has 3 heterocycles. The van der Waals surface area contributed by atoms with Crippen LogP contribution in [0, 0.1) is 5.92 Å². The number of ether oxygens (including phenoxy) is 2. The molecule has 0 aliphatic carbocycles. The SMILES string of the molecule is Clc1nc(OCC2CCOC2)nc(N2CCCCC2)n1. The van der Waals surface area contributed by atoms with Gasteiger partial charge in [-0.2, -0.15) is 15.0 Å². The number of hydrogen-bond donors (Lipinski definition) is 0.